The molecule has 0 saturated carbocycles. The molecule has 2 heterocycles. The van der Waals surface area contributed by atoms with Gasteiger partial charge in [0, 0.05) is 18.1 Å². The van der Waals surface area contributed by atoms with Gasteiger partial charge in [0.05, 0.1) is 38.8 Å². The number of rotatable bonds is 8. The summed E-state index contributed by atoms with van der Waals surface area (Å²) in [4.78, 5) is 26.4. The molecule has 1 unspecified atom stereocenters. The summed E-state index contributed by atoms with van der Waals surface area (Å²) in [6, 6.07) is 23.7. The third-order valence-electron chi connectivity index (χ3n) is 6.88. The van der Waals surface area contributed by atoms with Crippen LogP contribution in [0.2, 0.25) is 0 Å². The number of carbonyl (C=O) groups excluding carboxylic acids is 1. The van der Waals surface area contributed by atoms with Crippen LogP contribution in [0.4, 0.5) is 0 Å². The van der Waals surface area contributed by atoms with E-state index in [-0.39, 0.29) is 24.1 Å². The smallest absolute Gasteiger partial charge is 0.267 e. The van der Waals surface area contributed by atoms with E-state index in [2.05, 4.69) is 5.10 Å². The summed E-state index contributed by atoms with van der Waals surface area (Å²) in [6.07, 6.45) is 0.537. The molecule has 1 atom stereocenters. The first kappa shape index (κ1) is 26.7. The van der Waals surface area contributed by atoms with Crippen LogP contribution in [0.15, 0.2) is 88.8 Å². The maximum atomic E-state index is 13.7. The fraction of sp³-hybridized carbons (Fsp3) is 0.226. The maximum absolute atomic E-state index is 13.7. The second kappa shape index (κ2) is 11.4. The lowest BCUT2D eigenvalue weighted by Gasteiger charge is -2.22. The minimum Gasteiger partial charge on any atom is -0.497 e. The summed E-state index contributed by atoms with van der Waals surface area (Å²) in [6.45, 7) is 1.76. The van der Waals surface area contributed by atoms with Gasteiger partial charge in [-0.15, -0.1) is 0 Å². The molecule has 1 aliphatic heterocycles. The van der Waals surface area contributed by atoms with Crippen molar-refractivity contribution in [3.05, 3.63) is 106 Å². The van der Waals surface area contributed by atoms with E-state index in [1.165, 1.54) is 15.8 Å². The zero-order valence-corrected chi connectivity index (χ0v) is 22.8. The van der Waals surface area contributed by atoms with E-state index in [1.807, 2.05) is 61.5 Å². The first-order valence-corrected chi connectivity index (χ1v) is 12.8. The number of hydrogen-bond acceptors (Lipinski definition) is 7. The van der Waals surface area contributed by atoms with E-state index < -0.39 is 0 Å². The van der Waals surface area contributed by atoms with Crippen LogP contribution in [0.25, 0.3) is 11.3 Å². The molecule has 40 heavy (non-hydrogen) atoms. The van der Waals surface area contributed by atoms with E-state index in [4.69, 9.17) is 19.3 Å². The van der Waals surface area contributed by atoms with Gasteiger partial charge in [0.25, 0.3) is 11.5 Å². The van der Waals surface area contributed by atoms with Crippen molar-refractivity contribution >= 4 is 11.6 Å². The van der Waals surface area contributed by atoms with Gasteiger partial charge in [0.15, 0.2) is 11.5 Å². The Kier molecular flexibility index (Phi) is 7.63. The number of aryl methyl sites for hydroxylation is 1. The summed E-state index contributed by atoms with van der Waals surface area (Å²) in [5.41, 5.74) is 4.62. The minimum atomic E-state index is -0.386. The zero-order chi connectivity index (χ0) is 28.2. The Morgan fingerprint density at radius 1 is 0.850 bits per heavy atom. The van der Waals surface area contributed by atoms with Crippen LogP contribution in [0.3, 0.4) is 0 Å². The lowest BCUT2D eigenvalue weighted by atomic mass is 9.97. The SMILES string of the molecule is COc1ccc(C2=NN(C(=O)Cn3nc(-c4ccc(OC)c(OC)c4)ccc3=O)C(c3ccc(C)cc3)C2)cc1. The molecule has 0 saturated heterocycles. The number of benzene rings is 3. The van der Waals surface area contributed by atoms with Gasteiger partial charge < -0.3 is 14.2 Å². The molecule has 5 rings (SSSR count). The third kappa shape index (κ3) is 5.44. The van der Waals surface area contributed by atoms with E-state index >= 15 is 0 Å². The first-order valence-electron chi connectivity index (χ1n) is 12.8. The van der Waals surface area contributed by atoms with E-state index in [0.29, 0.717) is 23.6 Å². The standard InChI is InChI=1S/C31H30N4O5/c1-20-5-7-22(8-6-20)27-18-26(21-9-12-24(38-2)13-10-21)33-35(27)31(37)19-34-30(36)16-14-25(32-34)23-11-15-28(39-3)29(17-23)40-4/h5-17,27H,18-19H2,1-4H3. The fourth-order valence-corrected chi connectivity index (χ4v) is 4.66. The van der Waals surface area contributed by atoms with Crippen LogP contribution in [0.5, 0.6) is 17.2 Å². The third-order valence-corrected chi connectivity index (χ3v) is 6.88. The molecule has 4 aromatic rings. The van der Waals surface area contributed by atoms with Crippen molar-refractivity contribution in [1.29, 1.82) is 0 Å². The van der Waals surface area contributed by atoms with Crippen molar-refractivity contribution < 1.29 is 19.0 Å². The molecular formula is C31H30N4O5. The highest BCUT2D eigenvalue weighted by Gasteiger charge is 2.33. The lowest BCUT2D eigenvalue weighted by Crippen LogP contribution is -2.34. The van der Waals surface area contributed by atoms with Crippen molar-refractivity contribution in [3.8, 4) is 28.5 Å². The summed E-state index contributed by atoms with van der Waals surface area (Å²) in [5.74, 6) is 1.52. The van der Waals surface area contributed by atoms with Gasteiger partial charge in [-0.05, 0) is 66.6 Å². The summed E-state index contributed by atoms with van der Waals surface area (Å²) in [5, 5.41) is 10.7. The average Bonchev–Trinajstić information content (AvgIpc) is 3.44. The van der Waals surface area contributed by atoms with Crippen LogP contribution in [0.1, 0.15) is 29.2 Å². The van der Waals surface area contributed by atoms with Crippen molar-refractivity contribution in [2.24, 2.45) is 5.10 Å². The number of hydrogen-bond donors (Lipinski definition) is 0. The molecule has 9 nitrogen and oxygen atoms in total. The molecule has 9 heteroatoms. The monoisotopic (exact) mass is 538 g/mol. The zero-order valence-electron chi connectivity index (χ0n) is 22.8. The van der Waals surface area contributed by atoms with Crippen LogP contribution in [-0.2, 0) is 11.3 Å². The number of carbonyl (C=O) groups is 1. The Hall–Kier alpha value is -4.92. The van der Waals surface area contributed by atoms with Gasteiger partial charge in [-0.1, -0.05) is 29.8 Å². The maximum Gasteiger partial charge on any atom is 0.267 e. The van der Waals surface area contributed by atoms with E-state index in [0.717, 1.165) is 33.7 Å². The van der Waals surface area contributed by atoms with Crippen LogP contribution in [-0.4, -0.2) is 47.7 Å². The second-order valence-electron chi connectivity index (χ2n) is 9.43. The van der Waals surface area contributed by atoms with Crippen LogP contribution >= 0.6 is 0 Å². The molecule has 0 bridgehead atoms. The number of nitrogens with zero attached hydrogens (tertiary/aromatic N) is 4. The molecule has 1 aliphatic rings. The normalized spacial score (nSPS) is 14.6. The predicted molar refractivity (Wildman–Crippen MR) is 152 cm³/mol. The van der Waals surface area contributed by atoms with Crippen molar-refractivity contribution in [2.45, 2.75) is 25.9 Å². The van der Waals surface area contributed by atoms with Gasteiger partial charge in [0.2, 0.25) is 0 Å². The molecule has 0 aliphatic carbocycles. The number of amides is 1. The lowest BCUT2D eigenvalue weighted by molar-refractivity contribution is -0.133. The number of hydrazone groups is 1. The van der Waals surface area contributed by atoms with Crippen molar-refractivity contribution in [1.82, 2.24) is 14.8 Å². The topological polar surface area (TPSA) is 95.2 Å². The Balaban J connectivity index is 1.46. The number of aromatic nitrogens is 2. The largest absolute Gasteiger partial charge is 0.497 e. The van der Waals surface area contributed by atoms with Gasteiger partial charge in [-0.3, -0.25) is 9.59 Å². The number of methoxy groups -OCH3 is 3. The Bertz CT molecular complexity index is 1610. The quantitative estimate of drug-likeness (QED) is 0.325. The molecule has 1 aromatic heterocycles. The molecule has 0 fully saturated rings. The molecule has 3 aromatic carbocycles. The Morgan fingerprint density at radius 3 is 2.23 bits per heavy atom. The average molecular weight is 539 g/mol. The van der Waals surface area contributed by atoms with E-state index in [9.17, 15) is 9.59 Å². The van der Waals surface area contributed by atoms with Gasteiger partial charge in [0.1, 0.15) is 12.3 Å². The summed E-state index contributed by atoms with van der Waals surface area (Å²) < 4.78 is 17.2. The summed E-state index contributed by atoms with van der Waals surface area (Å²) in [7, 11) is 4.73. The molecular weight excluding hydrogens is 508 g/mol. The Morgan fingerprint density at radius 2 is 1.55 bits per heavy atom. The summed E-state index contributed by atoms with van der Waals surface area (Å²) >= 11 is 0. The highest BCUT2D eigenvalue weighted by Crippen LogP contribution is 2.34. The predicted octanol–water partition coefficient (Wildman–Crippen LogP) is 4.62. The van der Waals surface area contributed by atoms with Crippen LogP contribution < -0.4 is 19.8 Å². The molecule has 0 N–H and O–H groups in total. The van der Waals surface area contributed by atoms with E-state index in [1.54, 1.807) is 39.5 Å². The second-order valence-corrected chi connectivity index (χ2v) is 9.43. The Labute approximate surface area is 232 Å². The molecule has 204 valence electrons. The van der Waals surface area contributed by atoms with Crippen LogP contribution in [0, 0.1) is 6.92 Å². The molecule has 0 radical (unpaired) electrons. The minimum absolute atomic E-state index is 0.262. The fourth-order valence-electron chi connectivity index (χ4n) is 4.66. The highest BCUT2D eigenvalue weighted by atomic mass is 16.5. The highest BCUT2D eigenvalue weighted by molar-refractivity contribution is 6.03. The van der Waals surface area contributed by atoms with Gasteiger partial charge >= 0.3 is 0 Å². The molecule has 1 amide bonds. The molecule has 0 spiro atoms. The van der Waals surface area contributed by atoms with Crippen molar-refractivity contribution in [2.75, 3.05) is 21.3 Å². The number of ether oxygens (including phenoxy) is 3. The van der Waals surface area contributed by atoms with Gasteiger partial charge in [-0.25, -0.2) is 9.69 Å². The van der Waals surface area contributed by atoms with Gasteiger partial charge in [-0.2, -0.15) is 10.2 Å². The first-order chi connectivity index (χ1) is 19.4. The van der Waals surface area contributed by atoms with Crippen molar-refractivity contribution in [3.63, 3.8) is 0 Å².